The molecule has 5 rings (SSSR count). The maximum atomic E-state index is 12.9. The Hall–Kier alpha value is -2.66. The van der Waals surface area contributed by atoms with E-state index in [1.54, 1.807) is 4.68 Å². The van der Waals surface area contributed by atoms with Crippen molar-refractivity contribution in [2.24, 2.45) is 5.41 Å². The van der Waals surface area contributed by atoms with Crippen molar-refractivity contribution >= 4 is 16.8 Å². The summed E-state index contributed by atoms with van der Waals surface area (Å²) in [7, 11) is 0. The van der Waals surface area contributed by atoms with Crippen molar-refractivity contribution < 1.29 is 9.53 Å². The van der Waals surface area contributed by atoms with Gasteiger partial charge in [-0.1, -0.05) is 42.5 Å². The van der Waals surface area contributed by atoms with Gasteiger partial charge in [-0.25, -0.2) is 0 Å². The van der Waals surface area contributed by atoms with E-state index < -0.39 is 0 Å². The van der Waals surface area contributed by atoms with Crippen molar-refractivity contribution in [3.8, 4) is 0 Å². The predicted molar refractivity (Wildman–Crippen MR) is 103 cm³/mol. The molecule has 2 aromatic carbocycles. The van der Waals surface area contributed by atoms with Gasteiger partial charge in [0.1, 0.15) is 6.54 Å². The van der Waals surface area contributed by atoms with E-state index in [4.69, 9.17) is 4.74 Å². The van der Waals surface area contributed by atoms with Crippen LogP contribution >= 0.6 is 0 Å². The third kappa shape index (κ3) is 2.92. The summed E-state index contributed by atoms with van der Waals surface area (Å²) in [5.74, 6) is 0.00961. The Morgan fingerprint density at radius 2 is 1.93 bits per heavy atom. The quantitative estimate of drug-likeness (QED) is 0.779. The van der Waals surface area contributed by atoms with Gasteiger partial charge in [0.25, 0.3) is 0 Å². The molecule has 0 saturated carbocycles. The van der Waals surface area contributed by atoms with Crippen molar-refractivity contribution in [1.82, 2.24) is 15.1 Å². The number of hydrogen-bond donors (Lipinski definition) is 1. The second kappa shape index (κ2) is 6.50. The van der Waals surface area contributed by atoms with Gasteiger partial charge in [0, 0.05) is 30.2 Å². The zero-order valence-electron chi connectivity index (χ0n) is 15.2. The van der Waals surface area contributed by atoms with Gasteiger partial charge < -0.3 is 10.1 Å². The predicted octanol–water partition coefficient (Wildman–Crippen LogP) is 3.25. The average molecular weight is 361 g/mol. The molecular formula is C22H23N3O2. The van der Waals surface area contributed by atoms with Crippen LogP contribution in [-0.4, -0.2) is 28.9 Å². The van der Waals surface area contributed by atoms with Gasteiger partial charge in [0.05, 0.1) is 11.6 Å². The summed E-state index contributed by atoms with van der Waals surface area (Å²) in [4.78, 5) is 12.9. The number of benzene rings is 2. The molecule has 1 fully saturated rings. The van der Waals surface area contributed by atoms with E-state index in [0.717, 1.165) is 43.4 Å². The van der Waals surface area contributed by atoms with Crippen molar-refractivity contribution in [3.63, 3.8) is 0 Å². The maximum Gasteiger partial charge on any atom is 0.242 e. The third-order valence-corrected chi connectivity index (χ3v) is 6.08. The van der Waals surface area contributed by atoms with Gasteiger partial charge in [0.15, 0.2) is 0 Å². The molecule has 1 spiro atoms. The highest BCUT2D eigenvalue weighted by molar-refractivity contribution is 5.80. The summed E-state index contributed by atoms with van der Waals surface area (Å²) < 4.78 is 7.34. The third-order valence-electron chi connectivity index (χ3n) is 6.08. The van der Waals surface area contributed by atoms with Crippen LogP contribution in [0, 0.1) is 5.41 Å². The minimum atomic E-state index is 0.00961. The molecule has 0 radical (unpaired) electrons. The molecule has 1 saturated heterocycles. The first-order valence-corrected chi connectivity index (χ1v) is 9.61. The van der Waals surface area contributed by atoms with Crippen LogP contribution in [0.4, 0.5) is 0 Å². The highest BCUT2D eigenvalue weighted by Gasteiger charge is 2.47. The number of carbonyl (C=O) groups is 1. The second-order valence-corrected chi connectivity index (χ2v) is 7.74. The molecule has 1 amide bonds. The highest BCUT2D eigenvalue weighted by Crippen LogP contribution is 2.51. The fraction of sp³-hybridized carbons (Fsp3) is 0.364. The molecule has 5 nitrogen and oxygen atoms in total. The lowest BCUT2D eigenvalue weighted by Crippen LogP contribution is -2.43. The molecular weight excluding hydrogens is 338 g/mol. The molecule has 1 aliphatic heterocycles. The van der Waals surface area contributed by atoms with Crippen LogP contribution in [0.25, 0.3) is 10.9 Å². The monoisotopic (exact) mass is 361 g/mol. The number of rotatable bonds is 3. The van der Waals surface area contributed by atoms with Crippen LogP contribution in [0.3, 0.4) is 0 Å². The topological polar surface area (TPSA) is 56.2 Å². The van der Waals surface area contributed by atoms with E-state index in [-0.39, 0.29) is 23.9 Å². The van der Waals surface area contributed by atoms with E-state index >= 15 is 0 Å². The minimum absolute atomic E-state index is 0.00961. The maximum absolute atomic E-state index is 12.9. The van der Waals surface area contributed by atoms with Gasteiger partial charge in [-0.15, -0.1) is 0 Å². The Morgan fingerprint density at radius 3 is 2.78 bits per heavy atom. The molecule has 2 aliphatic rings. The lowest BCUT2D eigenvalue weighted by atomic mass is 9.74. The summed E-state index contributed by atoms with van der Waals surface area (Å²) in [6.45, 7) is 1.77. The zero-order chi connectivity index (χ0) is 18.3. The van der Waals surface area contributed by atoms with E-state index in [9.17, 15) is 4.79 Å². The smallest absolute Gasteiger partial charge is 0.242 e. The van der Waals surface area contributed by atoms with Gasteiger partial charge in [0.2, 0.25) is 5.91 Å². The highest BCUT2D eigenvalue weighted by atomic mass is 16.5. The van der Waals surface area contributed by atoms with Crippen LogP contribution < -0.4 is 5.32 Å². The van der Waals surface area contributed by atoms with E-state index in [2.05, 4.69) is 34.7 Å². The fourth-order valence-electron chi connectivity index (χ4n) is 4.71. The van der Waals surface area contributed by atoms with Crippen LogP contribution in [-0.2, 0) is 22.5 Å². The van der Waals surface area contributed by atoms with Gasteiger partial charge in [-0.05, 0) is 36.5 Å². The van der Waals surface area contributed by atoms with Crippen molar-refractivity contribution in [3.05, 3.63) is 65.9 Å². The fourth-order valence-corrected chi connectivity index (χ4v) is 4.71. The van der Waals surface area contributed by atoms with Crippen LogP contribution in [0.1, 0.15) is 30.0 Å². The Balaban J connectivity index is 1.39. The van der Waals surface area contributed by atoms with Gasteiger partial charge in [-0.2, -0.15) is 5.10 Å². The van der Waals surface area contributed by atoms with Crippen LogP contribution in [0.5, 0.6) is 0 Å². The number of fused-ring (bicyclic) bond motifs is 2. The van der Waals surface area contributed by atoms with E-state index in [0.29, 0.717) is 0 Å². The molecule has 1 aromatic heterocycles. The Kier molecular flexibility index (Phi) is 3.97. The zero-order valence-corrected chi connectivity index (χ0v) is 15.2. The number of hydrogen-bond acceptors (Lipinski definition) is 3. The normalized spacial score (nSPS) is 20.7. The average Bonchev–Trinajstić information content (AvgIpc) is 3.21. The largest absolute Gasteiger partial charge is 0.381 e. The van der Waals surface area contributed by atoms with E-state index in [1.165, 1.54) is 11.1 Å². The lowest BCUT2D eigenvalue weighted by Gasteiger charge is -2.39. The summed E-state index contributed by atoms with van der Waals surface area (Å²) in [5, 5.41) is 8.90. The van der Waals surface area contributed by atoms with Crippen molar-refractivity contribution in [2.75, 3.05) is 13.2 Å². The molecule has 0 bridgehead atoms. The number of aromatic nitrogens is 2. The summed E-state index contributed by atoms with van der Waals surface area (Å²) in [6, 6.07) is 16.5. The first-order chi connectivity index (χ1) is 13.2. The van der Waals surface area contributed by atoms with Crippen LogP contribution in [0.15, 0.2) is 54.7 Å². The molecule has 1 aliphatic carbocycles. The molecule has 0 unspecified atom stereocenters. The number of nitrogens with one attached hydrogen (secondary N) is 1. The number of ether oxygens (including phenoxy) is 1. The molecule has 138 valence electrons. The van der Waals surface area contributed by atoms with E-state index in [1.807, 2.05) is 30.5 Å². The molecule has 5 heteroatoms. The molecule has 27 heavy (non-hydrogen) atoms. The van der Waals surface area contributed by atoms with Crippen molar-refractivity contribution in [2.45, 2.75) is 31.8 Å². The molecule has 2 heterocycles. The second-order valence-electron chi connectivity index (χ2n) is 7.74. The minimum Gasteiger partial charge on any atom is -0.381 e. The Labute approximate surface area is 158 Å². The summed E-state index contributed by atoms with van der Waals surface area (Å²) in [6.07, 6.45) is 4.92. The lowest BCUT2D eigenvalue weighted by molar-refractivity contribution is -0.124. The van der Waals surface area contributed by atoms with Gasteiger partial charge in [-0.3, -0.25) is 9.48 Å². The standard InChI is InChI=1S/C22H23N3O2/c26-20(15-25-14-17-6-2-4-8-19(17)24-25)23-21-18-7-3-1-5-16(18)13-22(21)9-11-27-12-10-22/h1-8,14,21H,9-13,15H2,(H,23,26)/t21-/m0/s1. The van der Waals surface area contributed by atoms with Gasteiger partial charge >= 0.3 is 0 Å². The summed E-state index contributed by atoms with van der Waals surface area (Å²) in [5.41, 5.74) is 3.61. The van der Waals surface area contributed by atoms with Crippen molar-refractivity contribution in [1.29, 1.82) is 0 Å². The molecule has 3 aromatic rings. The SMILES string of the molecule is O=C(Cn1cc2ccccc2n1)N[C@H]1c2ccccc2CC12CCOCC2. The number of amides is 1. The Morgan fingerprint density at radius 1 is 1.15 bits per heavy atom. The number of nitrogens with zero attached hydrogens (tertiary/aromatic N) is 2. The first kappa shape index (κ1) is 16.5. The van der Waals surface area contributed by atoms with Crippen LogP contribution in [0.2, 0.25) is 0 Å². The number of carbonyl (C=O) groups excluding carboxylic acids is 1. The molecule has 1 atom stereocenters. The Bertz CT molecular complexity index is 955. The molecule has 1 N–H and O–H groups in total. The first-order valence-electron chi connectivity index (χ1n) is 9.61. The summed E-state index contributed by atoms with van der Waals surface area (Å²) >= 11 is 0.